The summed E-state index contributed by atoms with van der Waals surface area (Å²) in [7, 11) is 0. The summed E-state index contributed by atoms with van der Waals surface area (Å²) in [4.78, 5) is 21.4. The van der Waals surface area contributed by atoms with Gasteiger partial charge in [-0.3, -0.25) is 9.59 Å². The first-order chi connectivity index (χ1) is 6.97. The van der Waals surface area contributed by atoms with Gasteiger partial charge in [0.2, 0.25) is 0 Å². The molecule has 0 saturated carbocycles. The van der Waals surface area contributed by atoms with Crippen LogP contribution in [0.3, 0.4) is 0 Å². The second kappa shape index (κ2) is 7.26. The maximum absolute atomic E-state index is 10.8. The minimum Gasteiger partial charge on any atom is -0.465 e. The van der Waals surface area contributed by atoms with Crippen molar-refractivity contribution in [1.82, 2.24) is 0 Å². The molecule has 0 amide bonds. The number of ether oxygens (including phenoxy) is 2. The molecule has 4 heteroatoms. The quantitative estimate of drug-likeness (QED) is 0.636. The van der Waals surface area contributed by atoms with Gasteiger partial charge in [-0.25, -0.2) is 0 Å². The lowest BCUT2D eigenvalue weighted by molar-refractivity contribution is -0.151. The van der Waals surface area contributed by atoms with E-state index in [1.54, 1.807) is 0 Å². The van der Waals surface area contributed by atoms with E-state index in [9.17, 15) is 9.59 Å². The Balaban J connectivity index is 4.10. The predicted octanol–water partition coefficient (Wildman–Crippen LogP) is 1.92. The molecule has 88 valence electrons. The van der Waals surface area contributed by atoms with Crippen LogP contribution in [0.15, 0.2) is 0 Å². The van der Waals surface area contributed by atoms with E-state index in [2.05, 4.69) is 0 Å². The van der Waals surface area contributed by atoms with Gasteiger partial charge in [0, 0.05) is 19.8 Å². The Morgan fingerprint density at radius 2 is 1.80 bits per heavy atom. The van der Waals surface area contributed by atoms with Crippen molar-refractivity contribution in [2.45, 2.75) is 46.6 Å². The largest absolute Gasteiger partial charge is 0.465 e. The van der Waals surface area contributed by atoms with Crippen molar-refractivity contribution in [3.8, 4) is 0 Å². The lowest BCUT2D eigenvalue weighted by Gasteiger charge is -2.22. The Morgan fingerprint density at radius 1 is 1.20 bits per heavy atom. The number of carbonyl (C=O) groups excluding carboxylic acids is 2. The Kier molecular flexibility index (Phi) is 6.75. The minimum atomic E-state index is -0.300. The Labute approximate surface area is 90.9 Å². The van der Waals surface area contributed by atoms with Crippen LogP contribution in [0.1, 0.15) is 40.5 Å². The first-order valence-electron chi connectivity index (χ1n) is 5.28. The molecule has 0 radical (unpaired) electrons. The average Bonchev–Trinajstić information content (AvgIpc) is 2.10. The zero-order valence-corrected chi connectivity index (χ0v) is 9.91. The van der Waals surface area contributed by atoms with Gasteiger partial charge in [-0.15, -0.1) is 0 Å². The van der Waals surface area contributed by atoms with Crippen LogP contribution in [-0.4, -0.2) is 24.6 Å². The molecule has 0 rings (SSSR count). The number of esters is 2. The summed E-state index contributed by atoms with van der Waals surface area (Å²) in [5, 5.41) is 0. The highest BCUT2D eigenvalue weighted by molar-refractivity contribution is 5.66. The van der Waals surface area contributed by atoms with E-state index in [4.69, 9.17) is 9.47 Å². The van der Waals surface area contributed by atoms with Crippen LogP contribution < -0.4 is 0 Å². The van der Waals surface area contributed by atoms with Crippen LogP contribution in [-0.2, 0) is 19.1 Å². The fourth-order valence-electron chi connectivity index (χ4n) is 1.41. The molecular weight excluding hydrogens is 196 g/mol. The molecule has 0 bridgehead atoms. The number of hydrogen-bond donors (Lipinski definition) is 0. The zero-order chi connectivity index (χ0) is 11.8. The normalized spacial score (nSPS) is 14.1. The second-order valence-electron chi connectivity index (χ2n) is 3.67. The summed E-state index contributed by atoms with van der Waals surface area (Å²) in [6, 6.07) is 0. The first-order valence-corrected chi connectivity index (χ1v) is 5.28. The number of hydrogen-bond acceptors (Lipinski definition) is 4. The van der Waals surface area contributed by atoms with Crippen LogP contribution in [0.25, 0.3) is 0 Å². The Morgan fingerprint density at radius 3 is 2.20 bits per heavy atom. The molecule has 0 aliphatic rings. The van der Waals surface area contributed by atoms with E-state index in [-0.39, 0.29) is 24.0 Å². The van der Waals surface area contributed by atoms with Crippen LogP contribution in [0.2, 0.25) is 0 Å². The van der Waals surface area contributed by atoms with Gasteiger partial charge in [-0.2, -0.15) is 0 Å². The molecule has 0 aromatic heterocycles. The molecule has 0 aromatic carbocycles. The molecule has 2 atom stereocenters. The van der Waals surface area contributed by atoms with E-state index >= 15 is 0 Å². The molecule has 2 unspecified atom stereocenters. The highest BCUT2D eigenvalue weighted by atomic mass is 16.6. The van der Waals surface area contributed by atoms with Crippen LogP contribution >= 0.6 is 0 Å². The molecule has 15 heavy (non-hydrogen) atoms. The summed E-state index contributed by atoms with van der Waals surface area (Å²) >= 11 is 0. The fourth-order valence-corrected chi connectivity index (χ4v) is 1.41. The molecule has 0 aromatic rings. The summed E-state index contributed by atoms with van der Waals surface area (Å²) in [6.07, 6.45) is 1.64. The Hall–Kier alpha value is -1.06. The van der Waals surface area contributed by atoms with Gasteiger partial charge in [0.05, 0.1) is 6.61 Å². The molecule has 0 N–H and O–H groups in total. The van der Waals surface area contributed by atoms with Gasteiger partial charge in [0.25, 0.3) is 0 Å². The van der Waals surface area contributed by atoms with Gasteiger partial charge in [0.15, 0.2) is 0 Å². The standard InChI is InChI=1S/C11H20O4/c1-5-6-11(7-14-9(3)12)8(2)15-10(4)13/h8,11H,5-7H2,1-4H3. The molecule has 0 saturated heterocycles. The van der Waals surface area contributed by atoms with Gasteiger partial charge >= 0.3 is 11.9 Å². The van der Waals surface area contributed by atoms with Crippen molar-refractivity contribution >= 4 is 11.9 Å². The van der Waals surface area contributed by atoms with Crippen molar-refractivity contribution in [2.24, 2.45) is 5.92 Å². The SMILES string of the molecule is CCCC(COC(C)=O)C(C)OC(C)=O. The van der Waals surface area contributed by atoms with Gasteiger partial charge in [0.1, 0.15) is 6.10 Å². The van der Waals surface area contributed by atoms with Gasteiger partial charge in [-0.05, 0) is 13.3 Å². The van der Waals surface area contributed by atoms with Crippen LogP contribution in [0, 0.1) is 5.92 Å². The zero-order valence-electron chi connectivity index (χ0n) is 9.91. The highest BCUT2D eigenvalue weighted by Crippen LogP contribution is 2.15. The van der Waals surface area contributed by atoms with Gasteiger partial charge < -0.3 is 9.47 Å². The third-order valence-electron chi connectivity index (χ3n) is 2.18. The summed E-state index contributed by atoms with van der Waals surface area (Å²) < 4.78 is 10.00. The van der Waals surface area contributed by atoms with Crippen LogP contribution in [0.4, 0.5) is 0 Å². The predicted molar refractivity (Wildman–Crippen MR) is 56.3 cm³/mol. The Bertz CT molecular complexity index is 213. The fraction of sp³-hybridized carbons (Fsp3) is 0.818. The summed E-state index contributed by atoms with van der Waals surface area (Å²) in [5.74, 6) is -0.514. The van der Waals surface area contributed by atoms with E-state index in [0.29, 0.717) is 6.61 Å². The molecule has 0 fully saturated rings. The van der Waals surface area contributed by atoms with Crippen molar-refractivity contribution in [3.63, 3.8) is 0 Å². The second-order valence-corrected chi connectivity index (χ2v) is 3.67. The van der Waals surface area contributed by atoms with E-state index in [1.807, 2.05) is 13.8 Å². The lowest BCUT2D eigenvalue weighted by atomic mass is 9.99. The van der Waals surface area contributed by atoms with E-state index in [0.717, 1.165) is 12.8 Å². The van der Waals surface area contributed by atoms with Crippen molar-refractivity contribution in [2.75, 3.05) is 6.61 Å². The van der Waals surface area contributed by atoms with Crippen molar-refractivity contribution in [3.05, 3.63) is 0 Å². The minimum absolute atomic E-state index is 0.0859. The summed E-state index contributed by atoms with van der Waals surface area (Å²) in [5.41, 5.74) is 0. The smallest absolute Gasteiger partial charge is 0.302 e. The molecule has 0 aliphatic carbocycles. The lowest BCUT2D eigenvalue weighted by Crippen LogP contribution is -2.27. The molecular formula is C11H20O4. The third kappa shape index (κ3) is 6.94. The van der Waals surface area contributed by atoms with Crippen molar-refractivity contribution in [1.29, 1.82) is 0 Å². The van der Waals surface area contributed by atoms with Gasteiger partial charge in [-0.1, -0.05) is 13.3 Å². The molecule has 0 heterocycles. The molecule has 0 aliphatic heterocycles. The number of rotatable bonds is 6. The third-order valence-corrected chi connectivity index (χ3v) is 2.18. The van der Waals surface area contributed by atoms with Crippen LogP contribution in [0.5, 0.6) is 0 Å². The number of carbonyl (C=O) groups is 2. The topological polar surface area (TPSA) is 52.6 Å². The van der Waals surface area contributed by atoms with E-state index in [1.165, 1.54) is 13.8 Å². The summed E-state index contributed by atoms with van der Waals surface area (Å²) in [6.45, 7) is 6.94. The van der Waals surface area contributed by atoms with E-state index < -0.39 is 0 Å². The average molecular weight is 216 g/mol. The first kappa shape index (κ1) is 13.9. The maximum Gasteiger partial charge on any atom is 0.302 e. The maximum atomic E-state index is 10.8. The van der Waals surface area contributed by atoms with Crippen molar-refractivity contribution < 1.29 is 19.1 Å². The highest BCUT2D eigenvalue weighted by Gasteiger charge is 2.20. The monoisotopic (exact) mass is 216 g/mol. The molecule has 4 nitrogen and oxygen atoms in total. The molecule has 0 spiro atoms.